The van der Waals surface area contributed by atoms with E-state index in [1.54, 1.807) is 0 Å². The predicted octanol–water partition coefficient (Wildman–Crippen LogP) is 3.95. The molecule has 6 heteroatoms. The summed E-state index contributed by atoms with van der Waals surface area (Å²) in [7, 11) is 0. The first-order valence-corrected chi connectivity index (χ1v) is 10.6. The van der Waals surface area contributed by atoms with Gasteiger partial charge in [0.25, 0.3) is 0 Å². The molecule has 1 saturated heterocycles. The van der Waals surface area contributed by atoms with Gasteiger partial charge in [0.1, 0.15) is 0 Å². The molecule has 0 bridgehead atoms. The van der Waals surface area contributed by atoms with Crippen LogP contribution in [0.5, 0.6) is 0 Å². The molecule has 0 spiro atoms. The third kappa shape index (κ3) is 4.07. The van der Waals surface area contributed by atoms with Gasteiger partial charge in [-0.25, -0.2) is 4.68 Å². The second-order valence-corrected chi connectivity index (χ2v) is 9.12. The van der Waals surface area contributed by atoms with E-state index < -0.39 is 0 Å². The second kappa shape index (κ2) is 8.19. The highest BCUT2D eigenvalue weighted by molar-refractivity contribution is 5.55. The van der Waals surface area contributed by atoms with Crippen molar-refractivity contribution in [2.45, 2.75) is 66.5 Å². The summed E-state index contributed by atoms with van der Waals surface area (Å²) in [6.07, 6.45) is 0.996. The summed E-state index contributed by atoms with van der Waals surface area (Å²) in [6.45, 7) is 19.7. The lowest BCUT2D eigenvalue weighted by molar-refractivity contribution is 0.126. The summed E-state index contributed by atoms with van der Waals surface area (Å²) in [5.74, 6) is 1.45. The van der Waals surface area contributed by atoms with Gasteiger partial charge in [-0.1, -0.05) is 32.9 Å². The molecule has 28 heavy (non-hydrogen) atoms. The van der Waals surface area contributed by atoms with Crippen molar-refractivity contribution in [3.05, 3.63) is 35.2 Å². The summed E-state index contributed by atoms with van der Waals surface area (Å²) in [5, 5.41) is 12.9. The van der Waals surface area contributed by atoms with Crippen LogP contribution in [-0.4, -0.2) is 51.3 Å². The summed E-state index contributed by atoms with van der Waals surface area (Å²) < 4.78 is 2.05. The van der Waals surface area contributed by atoms with Crippen LogP contribution in [0.25, 0.3) is 0 Å². The van der Waals surface area contributed by atoms with Crippen LogP contribution in [0.15, 0.2) is 18.2 Å². The third-order valence-corrected chi connectivity index (χ3v) is 6.24. The van der Waals surface area contributed by atoms with Gasteiger partial charge in [-0.15, -0.1) is 5.10 Å². The highest BCUT2D eigenvalue weighted by atomic mass is 15.6. The van der Waals surface area contributed by atoms with Crippen LogP contribution in [0.4, 0.5) is 5.69 Å². The molecule has 154 valence electrons. The molecule has 0 unspecified atom stereocenters. The first-order chi connectivity index (χ1) is 13.2. The van der Waals surface area contributed by atoms with Gasteiger partial charge in [-0.3, -0.25) is 4.90 Å². The summed E-state index contributed by atoms with van der Waals surface area (Å²) >= 11 is 0. The maximum absolute atomic E-state index is 4.48. The van der Waals surface area contributed by atoms with Crippen molar-refractivity contribution in [2.75, 3.05) is 31.1 Å². The van der Waals surface area contributed by atoms with E-state index in [4.69, 9.17) is 0 Å². The number of rotatable bonds is 6. The van der Waals surface area contributed by atoms with E-state index in [-0.39, 0.29) is 11.6 Å². The Morgan fingerprint density at radius 1 is 1.07 bits per heavy atom. The Labute approximate surface area is 169 Å². The minimum Gasteiger partial charge on any atom is -0.369 e. The van der Waals surface area contributed by atoms with Gasteiger partial charge >= 0.3 is 0 Å². The number of piperazine rings is 1. The molecule has 1 aromatic carbocycles. The second-order valence-electron chi connectivity index (χ2n) is 9.12. The topological polar surface area (TPSA) is 50.1 Å². The lowest BCUT2D eigenvalue weighted by Crippen LogP contribution is -2.49. The van der Waals surface area contributed by atoms with Crippen molar-refractivity contribution in [2.24, 2.45) is 5.92 Å². The standard InChI is InChI=1S/C22H36N6/c1-8-22(6,7)28-21(23-24-25-28)20(16(2)3)27-13-11-26(12-14-27)19-15-17(4)9-10-18(19)5/h9-10,15-16,20H,8,11-14H2,1-7H3/t20-/m1/s1. The van der Waals surface area contributed by atoms with Crippen molar-refractivity contribution >= 4 is 5.69 Å². The molecule has 0 radical (unpaired) electrons. The first-order valence-electron chi connectivity index (χ1n) is 10.6. The van der Waals surface area contributed by atoms with E-state index in [1.807, 2.05) is 0 Å². The van der Waals surface area contributed by atoms with Crippen LogP contribution in [0.1, 0.15) is 64.0 Å². The Balaban J connectivity index is 1.80. The number of benzene rings is 1. The fourth-order valence-corrected chi connectivity index (χ4v) is 4.14. The normalized spacial score (nSPS) is 17.4. The number of hydrogen-bond acceptors (Lipinski definition) is 5. The highest BCUT2D eigenvalue weighted by Gasteiger charge is 2.34. The minimum atomic E-state index is -0.0769. The molecular formula is C22H36N6. The van der Waals surface area contributed by atoms with E-state index in [0.29, 0.717) is 5.92 Å². The van der Waals surface area contributed by atoms with Gasteiger partial charge in [0, 0.05) is 31.9 Å². The van der Waals surface area contributed by atoms with E-state index in [0.717, 1.165) is 38.4 Å². The van der Waals surface area contributed by atoms with E-state index in [9.17, 15) is 0 Å². The molecule has 1 aromatic heterocycles. The van der Waals surface area contributed by atoms with Gasteiger partial charge in [0.15, 0.2) is 5.82 Å². The molecule has 1 aliphatic rings. The SMILES string of the molecule is CCC(C)(C)n1nnnc1[C@@H](C(C)C)N1CCN(c2cc(C)ccc2C)CC1. The van der Waals surface area contributed by atoms with Gasteiger partial charge in [-0.2, -0.15) is 0 Å². The molecule has 2 aromatic rings. The van der Waals surface area contributed by atoms with Crippen LogP contribution in [0.2, 0.25) is 0 Å². The van der Waals surface area contributed by atoms with Crippen molar-refractivity contribution in [3.63, 3.8) is 0 Å². The van der Waals surface area contributed by atoms with E-state index in [1.165, 1.54) is 16.8 Å². The zero-order chi connectivity index (χ0) is 20.5. The van der Waals surface area contributed by atoms with E-state index >= 15 is 0 Å². The molecule has 3 rings (SSSR count). The van der Waals surface area contributed by atoms with Gasteiger partial charge < -0.3 is 4.90 Å². The van der Waals surface area contributed by atoms with Gasteiger partial charge in [0.2, 0.25) is 0 Å². The molecule has 1 fully saturated rings. The zero-order valence-corrected chi connectivity index (χ0v) is 18.6. The largest absolute Gasteiger partial charge is 0.369 e. The van der Waals surface area contributed by atoms with Crippen LogP contribution in [-0.2, 0) is 5.54 Å². The number of nitrogens with zero attached hydrogens (tertiary/aromatic N) is 6. The van der Waals surface area contributed by atoms with Crippen LogP contribution < -0.4 is 4.90 Å². The number of anilines is 1. The van der Waals surface area contributed by atoms with Gasteiger partial charge in [-0.05, 0) is 67.7 Å². The fourth-order valence-electron chi connectivity index (χ4n) is 4.14. The van der Waals surface area contributed by atoms with E-state index in [2.05, 4.69) is 96.7 Å². The number of tetrazole rings is 1. The van der Waals surface area contributed by atoms with Crippen LogP contribution >= 0.6 is 0 Å². The van der Waals surface area contributed by atoms with Gasteiger partial charge in [0.05, 0.1) is 11.6 Å². The Morgan fingerprint density at radius 2 is 1.75 bits per heavy atom. The highest BCUT2D eigenvalue weighted by Crippen LogP contribution is 2.32. The lowest BCUT2D eigenvalue weighted by Gasteiger charge is -2.42. The maximum Gasteiger partial charge on any atom is 0.169 e. The first kappa shape index (κ1) is 20.8. The van der Waals surface area contributed by atoms with Crippen LogP contribution in [0.3, 0.4) is 0 Å². The minimum absolute atomic E-state index is 0.0769. The molecule has 0 saturated carbocycles. The molecule has 0 aliphatic carbocycles. The average Bonchev–Trinajstić information content (AvgIpc) is 3.14. The van der Waals surface area contributed by atoms with Crippen LogP contribution in [0, 0.1) is 19.8 Å². The Hall–Kier alpha value is -1.95. The van der Waals surface area contributed by atoms with Crippen molar-refractivity contribution in [1.82, 2.24) is 25.1 Å². The smallest absolute Gasteiger partial charge is 0.169 e. The molecule has 2 heterocycles. The molecular weight excluding hydrogens is 348 g/mol. The molecule has 6 nitrogen and oxygen atoms in total. The molecule has 0 amide bonds. The summed E-state index contributed by atoms with van der Waals surface area (Å²) in [5.41, 5.74) is 3.97. The average molecular weight is 385 g/mol. The third-order valence-electron chi connectivity index (χ3n) is 6.24. The lowest BCUT2D eigenvalue weighted by atomic mass is 9.97. The predicted molar refractivity (Wildman–Crippen MR) is 115 cm³/mol. The zero-order valence-electron chi connectivity index (χ0n) is 18.6. The fraction of sp³-hybridized carbons (Fsp3) is 0.682. The van der Waals surface area contributed by atoms with Crippen molar-refractivity contribution in [1.29, 1.82) is 0 Å². The Bertz CT molecular complexity index is 786. The molecule has 1 aliphatic heterocycles. The monoisotopic (exact) mass is 384 g/mol. The molecule has 1 atom stereocenters. The quantitative estimate of drug-likeness (QED) is 0.755. The Kier molecular flexibility index (Phi) is 6.08. The maximum atomic E-state index is 4.48. The molecule has 0 N–H and O–H groups in total. The van der Waals surface area contributed by atoms with Crippen molar-refractivity contribution in [3.8, 4) is 0 Å². The summed E-state index contributed by atoms with van der Waals surface area (Å²) in [6, 6.07) is 6.98. The Morgan fingerprint density at radius 3 is 2.36 bits per heavy atom. The number of aryl methyl sites for hydroxylation is 2. The van der Waals surface area contributed by atoms with Crippen molar-refractivity contribution < 1.29 is 0 Å². The number of hydrogen-bond donors (Lipinski definition) is 0. The number of aromatic nitrogens is 4. The summed E-state index contributed by atoms with van der Waals surface area (Å²) in [4.78, 5) is 5.09.